The van der Waals surface area contributed by atoms with Crippen LogP contribution in [0.2, 0.25) is 0 Å². The van der Waals surface area contributed by atoms with E-state index in [0.29, 0.717) is 5.75 Å². The van der Waals surface area contributed by atoms with Gasteiger partial charge in [-0.25, -0.2) is 0 Å². The summed E-state index contributed by atoms with van der Waals surface area (Å²) in [6.07, 6.45) is 0. The van der Waals surface area contributed by atoms with E-state index in [1.165, 1.54) is 11.8 Å². The molecule has 0 N–H and O–H groups in total. The highest BCUT2D eigenvalue weighted by atomic mass is 32.2. The summed E-state index contributed by atoms with van der Waals surface area (Å²) in [6.45, 7) is 4.75. The molecule has 0 atom stereocenters. The van der Waals surface area contributed by atoms with Gasteiger partial charge in [0.05, 0.1) is 5.75 Å². The Morgan fingerprint density at radius 1 is 1.00 bits per heavy atom. The lowest BCUT2D eigenvalue weighted by Crippen LogP contribution is -2.27. The Morgan fingerprint density at radius 2 is 1.56 bits per heavy atom. The molecule has 3 rings (SSSR count). The third-order valence-electron chi connectivity index (χ3n) is 3.82. The molecule has 6 heteroatoms. The first-order valence-electron chi connectivity index (χ1n) is 8.16. The fourth-order valence-electron chi connectivity index (χ4n) is 2.61. The van der Waals surface area contributed by atoms with E-state index in [4.69, 9.17) is 0 Å². The van der Waals surface area contributed by atoms with Gasteiger partial charge >= 0.3 is 0 Å². The van der Waals surface area contributed by atoms with Crippen LogP contribution in [0, 0.1) is 6.92 Å². The zero-order valence-corrected chi connectivity index (χ0v) is 15.1. The number of thioether (sulfide) groups is 1. The summed E-state index contributed by atoms with van der Waals surface area (Å²) >= 11 is 1.42. The van der Waals surface area contributed by atoms with Crippen LogP contribution in [-0.2, 0) is 11.3 Å². The fourth-order valence-corrected chi connectivity index (χ4v) is 3.51. The van der Waals surface area contributed by atoms with Gasteiger partial charge in [-0.3, -0.25) is 9.69 Å². The van der Waals surface area contributed by atoms with Crippen molar-refractivity contribution in [3.8, 4) is 0 Å². The molecular weight excluding hydrogens is 332 g/mol. The van der Waals surface area contributed by atoms with Gasteiger partial charge in [-0.1, -0.05) is 48.2 Å². The predicted octanol–water partition coefficient (Wildman–Crippen LogP) is 4.06. The minimum absolute atomic E-state index is 0.00528. The van der Waals surface area contributed by atoms with Gasteiger partial charge in [0.1, 0.15) is 5.82 Å². The van der Waals surface area contributed by atoms with Crippen LogP contribution in [-0.4, -0.2) is 26.4 Å². The SMILES string of the molecule is CCn1c(C)nnc1SCC(=O)N(c1ccccc1)c1ccccc1. The predicted molar refractivity (Wildman–Crippen MR) is 101 cm³/mol. The quantitative estimate of drug-likeness (QED) is 0.628. The number of para-hydroxylation sites is 2. The first-order valence-corrected chi connectivity index (χ1v) is 9.15. The van der Waals surface area contributed by atoms with E-state index in [1.54, 1.807) is 4.90 Å². The van der Waals surface area contributed by atoms with Crippen LogP contribution in [0.1, 0.15) is 12.7 Å². The second-order valence-corrected chi connectivity index (χ2v) is 6.41. The Hall–Kier alpha value is -2.60. The van der Waals surface area contributed by atoms with E-state index >= 15 is 0 Å². The number of hydrogen-bond donors (Lipinski definition) is 0. The number of amides is 1. The maximum Gasteiger partial charge on any atom is 0.242 e. The van der Waals surface area contributed by atoms with Crippen LogP contribution in [0.5, 0.6) is 0 Å². The number of carbonyl (C=O) groups excluding carboxylic acids is 1. The largest absolute Gasteiger partial charge is 0.307 e. The number of anilines is 2. The normalized spacial score (nSPS) is 10.6. The van der Waals surface area contributed by atoms with Gasteiger partial charge in [-0.05, 0) is 38.1 Å². The third-order valence-corrected chi connectivity index (χ3v) is 4.77. The molecule has 0 saturated carbocycles. The number of hydrogen-bond acceptors (Lipinski definition) is 4. The summed E-state index contributed by atoms with van der Waals surface area (Å²) in [7, 11) is 0. The molecule has 2 aromatic carbocycles. The van der Waals surface area contributed by atoms with Gasteiger partial charge in [0.25, 0.3) is 0 Å². The van der Waals surface area contributed by atoms with Gasteiger partial charge in [0.15, 0.2) is 5.16 Å². The number of nitrogens with zero attached hydrogens (tertiary/aromatic N) is 4. The van der Waals surface area contributed by atoms with E-state index in [2.05, 4.69) is 10.2 Å². The van der Waals surface area contributed by atoms with Crippen LogP contribution in [0.25, 0.3) is 0 Å². The first kappa shape index (κ1) is 17.2. The maximum atomic E-state index is 13.0. The molecule has 1 aromatic heterocycles. The van der Waals surface area contributed by atoms with Crippen molar-refractivity contribution >= 4 is 29.0 Å². The minimum atomic E-state index is 0.00528. The maximum absolute atomic E-state index is 13.0. The van der Waals surface area contributed by atoms with Crippen LogP contribution in [0.3, 0.4) is 0 Å². The number of rotatable bonds is 6. The second kappa shape index (κ2) is 7.98. The molecule has 0 aliphatic heterocycles. The van der Waals surface area contributed by atoms with Crippen molar-refractivity contribution in [2.75, 3.05) is 10.7 Å². The number of carbonyl (C=O) groups is 1. The molecule has 0 unspecified atom stereocenters. The van der Waals surface area contributed by atoms with Crippen molar-refractivity contribution in [1.29, 1.82) is 0 Å². The van der Waals surface area contributed by atoms with E-state index in [-0.39, 0.29) is 5.91 Å². The summed E-state index contributed by atoms with van der Waals surface area (Å²) in [5.41, 5.74) is 1.71. The molecule has 0 bridgehead atoms. The van der Waals surface area contributed by atoms with Crippen LogP contribution >= 0.6 is 11.8 Å². The fraction of sp³-hybridized carbons (Fsp3) is 0.211. The number of aryl methyl sites for hydroxylation is 1. The molecule has 0 saturated heterocycles. The van der Waals surface area contributed by atoms with Crippen molar-refractivity contribution in [3.05, 3.63) is 66.5 Å². The molecule has 1 amide bonds. The standard InChI is InChI=1S/C19H20N4OS/c1-3-22-15(2)20-21-19(22)25-14-18(24)23(16-10-6-4-7-11-16)17-12-8-5-9-13-17/h4-13H,3,14H2,1-2H3. The molecule has 25 heavy (non-hydrogen) atoms. The Bertz CT molecular complexity index is 794. The van der Waals surface area contributed by atoms with E-state index in [0.717, 1.165) is 28.9 Å². The highest BCUT2D eigenvalue weighted by Crippen LogP contribution is 2.27. The average molecular weight is 352 g/mol. The van der Waals surface area contributed by atoms with Gasteiger partial charge in [0, 0.05) is 17.9 Å². The molecule has 5 nitrogen and oxygen atoms in total. The second-order valence-electron chi connectivity index (χ2n) is 5.46. The van der Waals surface area contributed by atoms with E-state index in [9.17, 15) is 4.79 Å². The molecule has 0 aliphatic carbocycles. The zero-order chi connectivity index (χ0) is 17.6. The van der Waals surface area contributed by atoms with E-state index < -0.39 is 0 Å². The summed E-state index contributed by atoms with van der Waals surface area (Å²) in [5.74, 6) is 1.16. The van der Waals surface area contributed by atoms with Gasteiger partial charge in [-0.15, -0.1) is 10.2 Å². The van der Waals surface area contributed by atoms with Crippen molar-refractivity contribution in [2.45, 2.75) is 25.5 Å². The highest BCUT2D eigenvalue weighted by molar-refractivity contribution is 7.99. The summed E-state index contributed by atoms with van der Waals surface area (Å²) < 4.78 is 2.01. The van der Waals surface area contributed by atoms with E-state index in [1.807, 2.05) is 79.1 Å². The van der Waals surface area contributed by atoms with Crippen molar-refractivity contribution < 1.29 is 4.79 Å². The molecule has 0 radical (unpaired) electrons. The molecule has 128 valence electrons. The number of benzene rings is 2. The van der Waals surface area contributed by atoms with Gasteiger partial charge in [0.2, 0.25) is 5.91 Å². The van der Waals surface area contributed by atoms with Crippen molar-refractivity contribution in [1.82, 2.24) is 14.8 Å². The van der Waals surface area contributed by atoms with Gasteiger partial charge < -0.3 is 4.57 Å². The molecule has 1 heterocycles. The third kappa shape index (κ3) is 3.91. The highest BCUT2D eigenvalue weighted by Gasteiger charge is 2.19. The lowest BCUT2D eigenvalue weighted by molar-refractivity contribution is -0.115. The minimum Gasteiger partial charge on any atom is -0.307 e. The lowest BCUT2D eigenvalue weighted by atomic mass is 10.2. The lowest BCUT2D eigenvalue weighted by Gasteiger charge is -2.22. The van der Waals surface area contributed by atoms with Crippen LogP contribution < -0.4 is 4.90 Å². The Labute approximate surface area is 151 Å². The zero-order valence-electron chi connectivity index (χ0n) is 14.3. The summed E-state index contributed by atoms with van der Waals surface area (Å²) in [5, 5.41) is 9.03. The monoisotopic (exact) mass is 352 g/mol. The summed E-state index contributed by atoms with van der Waals surface area (Å²) in [4.78, 5) is 14.7. The Balaban J connectivity index is 1.82. The van der Waals surface area contributed by atoms with Crippen LogP contribution in [0.15, 0.2) is 65.8 Å². The smallest absolute Gasteiger partial charge is 0.242 e. The molecule has 0 aliphatic rings. The first-order chi connectivity index (χ1) is 12.2. The Morgan fingerprint density at radius 3 is 2.08 bits per heavy atom. The van der Waals surface area contributed by atoms with Crippen molar-refractivity contribution in [3.63, 3.8) is 0 Å². The molecule has 3 aromatic rings. The van der Waals surface area contributed by atoms with Crippen LogP contribution in [0.4, 0.5) is 11.4 Å². The van der Waals surface area contributed by atoms with Crippen molar-refractivity contribution in [2.24, 2.45) is 0 Å². The molecule has 0 fully saturated rings. The Kier molecular flexibility index (Phi) is 5.50. The van der Waals surface area contributed by atoms with Gasteiger partial charge in [-0.2, -0.15) is 0 Å². The molecule has 0 spiro atoms. The molecular formula is C19H20N4OS. The average Bonchev–Trinajstić information content (AvgIpc) is 3.01. The summed E-state index contributed by atoms with van der Waals surface area (Å²) in [6, 6.07) is 19.4. The number of aromatic nitrogens is 3. The topological polar surface area (TPSA) is 51.0 Å².